The number of aliphatic hydroxyl groups is 1. The molecule has 0 radical (unpaired) electrons. The first-order valence-electron chi connectivity index (χ1n) is 5.75. The Balaban J connectivity index is 2.48. The number of hydrogen-bond acceptors (Lipinski definition) is 1. The van der Waals surface area contributed by atoms with E-state index in [0.29, 0.717) is 16.5 Å². The molecule has 0 heterocycles. The van der Waals surface area contributed by atoms with Crippen molar-refractivity contribution in [3.05, 3.63) is 33.8 Å². The van der Waals surface area contributed by atoms with Crippen molar-refractivity contribution in [1.82, 2.24) is 0 Å². The van der Waals surface area contributed by atoms with Gasteiger partial charge in [-0.1, -0.05) is 49.4 Å². The highest BCUT2D eigenvalue weighted by molar-refractivity contribution is 6.33. The Kier molecular flexibility index (Phi) is 6.18. The number of benzene rings is 1. The molecule has 1 aromatic carbocycles. The van der Waals surface area contributed by atoms with Crippen LogP contribution in [0.4, 0.5) is 0 Å². The van der Waals surface area contributed by atoms with Gasteiger partial charge in [-0.15, -0.1) is 0 Å². The third-order valence-corrected chi connectivity index (χ3v) is 3.21. The first-order valence-corrected chi connectivity index (χ1v) is 6.51. The Morgan fingerprint density at radius 2 is 2.00 bits per heavy atom. The van der Waals surface area contributed by atoms with Crippen LogP contribution in [0.2, 0.25) is 10.0 Å². The number of aliphatic hydroxyl groups excluding tert-OH is 1. The van der Waals surface area contributed by atoms with Gasteiger partial charge in [-0.25, -0.2) is 0 Å². The summed E-state index contributed by atoms with van der Waals surface area (Å²) in [5.74, 6) is 0. The quantitative estimate of drug-likeness (QED) is 0.748. The lowest BCUT2D eigenvalue weighted by Crippen LogP contribution is -2.10. The van der Waals surface area contributed by atoms with Crippen LogP contribution in [-0.2, 0) is 6.42 Å². The van der Waals surface area contributed by atoms with E-state index < -0.39 is 0 Å². The first-order chi connectivity index (χ1) is 7.63. The number of hydrogen-bond donors (Lipinski definition) is 1. The van der Waals surface area contributed by atoms with Crippen LogP contribution in [0.25, 0.3) is 0 Å². The minimum absolute atomic E-state index is 0.317. The third-order valence-electron chi connectivity index (χ3n) is 2.60. The molecule has 1 N–H and O–H groups in total. The van der Waals surface area contributed by atoms with E-state index in [0.717, 1.165) is 18.4 Å². The molecule has 0 spiro atoms. The molecule has 0 amide bonds. The van der Waals surface area contributed by atoms with Gasteiger partial charge in [0.1, 0.15) is 0 Å². The molecule has 1 atom stereocenters. The van der Waals surface area contributed by atoms with E-state index >= 15 is 0 Å². The van der Waals surface area contributed by atoms with Gasteiger partial charge in [0.15, 0.2) is 0 Å². The SMILES string of the molecule is CCCCCC(O)Cc1cc(Cl)ccc1Cl. The van der Waals surface area contributed by atoms with E-state index in [2.05, 4.69) is 6.92 Å². The smallest absolute Gasteiger partial charge is 0.0581 e. The molecule has 0 fully saturated rings. The third kappa shape index (κ3) is 4.73. The first kappa shape index (κ1) is 13.8. The van der Waals surface area contributed by atoms with Gasteiger partial charge in [0.25, 0.3) is 0 Å². The van der Waals surface area contributed by atoms with Crippen molar-refractivity contribution in [2.45, 2.75) is 45.1 Å². The van der Waals surface area contributed by atoms with Crippen molar-refractivity contribution in [3.8, 4) is 0 Å². The molecule has 1 unspecified atom stereocenters. The summed E-state index contributed by atoms with van der Waals surface area (Å²) in [7, 11) is 0. The van der Waals surface area contributed by atoms with Gasteiger partial charge in [0.2, 0.25) is 0 Å². The highest BCUT2D eigenvalue weighted by Crippen LogP contribution is 2.22. The van der Waals surface area contributed by atoms with Crippen LogP contribution < -0.4 is 0 Å². The Morgan fingerprint density at radius 3 is 2.69 bits per heavy atom. The molecule has 0 aliphatic rings. The maximum atomic E-state index is 9.84. The fourth-order valence-corrected chi connectivity index (χ4v) is 2.08. The number of halogens is 2. The maximum Gasteiger partial charge on any atom is 0.0581 e. The zero-order valence-corrected chi connectivity index (χ0v) is 11.1. The van der Waals surface area contributed by atoms with Crippen LogP contribution in [0.1, 0.15) is 38.2 Å². The molecular formula is C13H18Cl2O. The number of rotatable bonds is 6. The summed E-state index contributed by atoms with van der Waals surface area (Å²) in [5.41, 5.74) is 0.929. The molecule has 0 saturated heterocycles. The summed E-state index contributed by atoms with van der Waals surface area (Å²) in [6.45, 7) is 2.15. The number of unbranched alkanes of at least 4 members (excludes halogenated alkanes) is 2. The highest BCUT2D eigenvalue weighted by atomic mass is 35.5. The molecule has 0 bridgehead atoms. The predicted octanol–water partition coefficient (Wildman–Crippen LogP) is 4.48. The van der Waals surface area contributed by atoms with E-state index in [1.54, 1.807) is 12.1 Å². The van der Waals surface area contributed by atoms with Crippen molar-refractivity contribution >= 4 is 23.2 Å². The fourth-order valence-electron chi connectivity index (χ4n) is 1.69. The summed E-state index contributed by atoms with van der Waals surface area (Å²) in [6, 6.07) is 5.36. The van der Waals surface area contributed by atoms with Crippen LogP contribution in [0.3, 0.4) is 0 Å². The standard InChI is InChI=1S/C13H18Cl2O/c1-2-3-4-5-12(16)9-10-8-11(14)6-7-13(10)15/h6-8,12,16H,2-5,9H2,1H3. The molecule has 0 aromatic heterocycles. The topological polar surface area (TPSA) is 20.2 Å². The molecule has 90 valence electrons. The fraction of sp³-hybridized carbons (Fsp3) is 0.538. The second-order valence-electron chi connectivity index (χ2n) is 4.09. The van der Waals surface area contributed by atoms with Crippen molar-refractivity contribution in [3.63, 3.8) is 0 Å². The van der Waals surface area contributed by atoms with Crippen molar-refractivity contribution in [2.24, 2.45) is 0 Å². The summed E-state index contributed by atoms with van der Waals surface area (Å²) in [4.78, 5) is 0. The van der Waals surface area contributed by atoms with Crippen LogP contribution in [-0.4, -0.2) is 11.2 Å². The molecule has 3 heteroatoms. The lowest BCUT2D eigenvalue weighted by molar-refractivity contribution is 0.161. The van der Waals surface area contributed by atoms with Gasteiger partial charge in [-0.3, -0.25) is 0 Å². The zero-order valence-electron chi connectivity index (χ0n) is 9.55. The lowest BCUT2D eigenvalue weighted by Gasteiger charge is -2.11. The molecule has 0 saturated carbocycles. The minimum Gasteiger partial charge on any atom is -0.393 e. The molecule has 16 heavy (non-hydrogen) atoms. The maximum absolute atomic E-state index is 9.84. The van der Waals surface area contributed by atoms with Crippen molar-refractivity contribution < 1.29 is 5.11 Å². The van der Waals surface area contributed by atoms with Crippen LogP contribution in [0.5, 0.6) is 0 Å². The molecule has 1 nitrogen and oxygen atoms in total. The summed E-state index contributed by atoms with van der Waals surface area (Å²) in [5, 5.41) is 11.2. The van der Waals surface area contributed by atoms with E-state index in [1.807, 2.05) is 6.07 Å². The molecule has 0 aliphatic carbocycles. The zero-order chi connectivity index (χ0) is 12.0. The minimum atomic E-state index is -0.317. The monoisotopic (exact) mass is 260 g/mol. The van der Waals surface area contributed by atoms with Crippen molar-refractivity contribution in [2.75, 3.05) is 0 Å². The summed E-state index contributed by atoms with van der Waals surface area (Å²) < 4.78 is 0. The summed E-state index contributed by atoms with van der Waals surface area (Å²) in [6.07, 6.45) is 4.50. The Bertz CT molecular complexity index is 326. The van der Waals surface area contributed by atoms with Gasteiger partial charge >= 0.3 is 0 Å². The second-order valence-corrected chi connectivity index (χ2v) is 4.93. The van der Waals surface area contributed by atoms with E-state index in [9.17, 15) is 5.11 Å². The van der Waals surface area contributed by atoms with Crippen LogP contribution in [0, 0.1) is 0 Å². The average molecular weight is 261 g/mol. The van der Waals surface area contributed by atoms with Gasteiger partial charge < -0.3 is 5.11 Å². The van der Waals surface area contributed by atoms with E-state index in [-0.39, 0.29) is 6.10 Å². The Labute approximate surface area is 107 Å². The normalized spacial score (nSPS) is 12.8. The average Bonchev–Trinajstić information content (AvgIpc) is 2.24. The Morgan fingerprint density at radius 1 is 1.25 bits per heavy atom. The molecule has 1 rings (SSSR count). The predicted molar refractivity (Wildman–Crippen MR) is 70.3 cm³/mol. The molecule has 1 aromatic rings. The van der Waals surface area contributed by atoms with E-state index in [4.69, 9.17) is 23.2 Å². The van der Waals surface area contributed by atoms with Gasteiger partial charge in [0.05, 0.1) is 6.10 Å². The lowest BCUT2D eigenvalue weighted by atomic mass is 10.0. The Hall–Kier alpha value is -0.240. The largest absolute Gasteiger partial charge is 0.393 e. The van der Waals surface area contributed by atoms with Gasteiger partial charge in [-0.05, 0) is 36.6 Å². The second kappa shape index (κ2) is 7.16. The molecular weight excluding hydrogens is 243 g/mol. The van der Waals surface area contributed by atoms with Crippen LogP contribution in [0.15, 0.2) is 18.2 Å². The van der Waals surface area contributed by atoms with Gasteiger partial charge in [0, 0.05) is 10.0 Å². The molecule has 0 aliphatic heterocycles. The van der Waals surface area contributed by atoms with Crippen LogP contribution >= 0.6 is 23.2 Å². The summed E-state index contributed by atoms with van der Waals surface area (Å²) >= 11 is 11.9. The highest BCUT2D eigenvalue weighted by Gasteiger charge is 2.08. The van der Waals surface area contributed by atoms with E-state index in [1.165, 1.54) is 12.8 Å². The van der Waals surface area contributed by atoms with Gasteiger partial charge in [-0.2, -0.15) is 0 Å². The van der Waals surface area contributed by atoms with Crippen molar-refractivity contribution in [1.29, 1.82) is 0 Å².